The number of aryl methyl sites for hydroxylation is 2. The van der Waals surface area contributed by atoms with Crippen molar-refractivity contribution >= 4 is 14.1 Å². The molecule has 220 valence electrons. The van der Waals surface area contributed by atoms with Gasteiger partial charge < -0.3 is 8.99 Å². The Morgan fingerprint density at radius 2 is 1.73 bits per heavy atom. The van der Waals surface area contributed by atoms with Crippen molar-refractivity contribution in [2.75, 3.05) is 0 Å². The normalized spacial score (nSPS) is 27.3. The summed E-state index contributed by atoms with van der Waals surface area (Å²) in [5, 5.41) is 9.92. The molecule has 3 atom stereocenters. The van der Waals surface area contributed by atoms with Gasteiger partial charge in [0.15, 0.2) is 8.32 Å². The summed E-state index contributed by atoms with van der Waals surface area (Å²) >= 11 is 0. The van der Waals surface area contributed by atoms with Gasteiger partial charge in [0.25, 0.3) is 0 Å². The van der Waals surface area contributed by atoms with Gasteiger partial charge in [0, 0.05) is 36.3 Å². The fourth-order valence-electron chi connectivity index (χ4n) is 7.04. The Morgan fingerprint density at radius 3 is 2.33 bits per heavy atom. The highest BCUT2D eigenvalue weighted by Gasteiger charge is 2.48. The average molecular weight is 564 g/mol. The van der Waals surface area contributed by atoms with Crippen LogP contribution in [0.25, 0.3) is 0 Å². The number of aromatic nitrogens is 3. The van der Waals surface area contributed by atoms with Crippen molar-refractivity contribution in [3.63, 3.8) is 0 Å². The van der Waals surface area contributed by atoms with Crippen molar-refractivity contribution in [2.24, 2.45) is 17.8 Å². The van der Waals surface area contributed by atoms with E-state index in [1.807, 2.05) is 0 Å². The van der Waals surface area contributed by atoms with Gasteiger partial charge in [-0.2, -0.15) is 0 Å². The third-order valence-corrected chi connectivity index (χ3v) is 15.0. The van der Waals surface area contributed by atoms with E-state index in [4.69, 9.17) is 14.6 Å². The Kier molecular flexibility index (Phi) is 8.26. The van der Waals surface area contributed by atoms with E-state index < -0.39 is 8.32 Å². The molecule has 0 aliphatic heterocycles. The molecule has 6 heteroatoms. The van der Waals surface area contributed by atoms with E-state index in [1.54, 1.807) is 0 Å². The number of carbonyl (C=O) groups excluding carboxylic acids is 1. The van der Waals surface area contributed by atoms with E-state index in [2.05, 4.69) is 84.3 Å². The van der Waals surface area contributed by atoms with Crippen LogP contribution in [0.5, 0.6) is 0 Å². The number of ketones is 1. The highest BCUT2D eigenvalue weighted by molar-refractivity contribution is 6.74. The van der Waals surface area contributed by atoms with Gasteiger partial charge in [-0.1, -0.05) is 58.4 Å². The molecule has 5 nitrogen and oxygen atoms in total. The van der Waals surface area contributed by atoms with Gasteiger partial charge in [-0.3, -0.25) is 4.79 Å². The molecule has 3 fully saturated rings. The van der Waals surface area contributed by atoms with Crippen LogP contribution in [0.15, 0.2) is 18.2 Å². The van der Waals surface area contributed by atoms with Gasteiger partial charge in [-0.15, -0.1) is 10.2 Å². The Bertz CT molecular complexity index is 1220. The first-order valence-electron chi connectivity index (χ1n) is 15.9. The van der Waals surface area contributed by atoms with Crippen LogP contribution in [-0.4, -0.2) is 35.0 Å². The molecule has 0 radical (unpaired) electrons. The summed E-state index contributed by atoms with van der Waals surface area (Å²) in [6.45, 7) is 20.5. The van der Waals surface area contributed by atoms with E-state index >= 15 is 0 Å². The Morgan fingerprint density at radius 1 is 1.05 bits per heavy atom. The van der Waals surface area contributed by atoms with Crippen LogP contribution >= 0.6 is 0 Å². The standard InChI is InChI=1S/C34H53N3O2Si/c1-21(2)14-24-16-26(17-24)32-35-36-33(37(32)27-12-13-27)30-20-28(39-40(8,9)34(5,6)7)19-29(30)31(38)18-25-11-10-22(3)15-23(25)4/h10-11,15,21,24,26-30H,12-14,16-20H2,1-9H3/t24?,26?,28-,29+,30+/m1/s1. The van der Waals surface area contributed by atoms with E-state index in [0.29, 0.717) is 24.2 Å². The Balaban J connectivity index is 1.42. The maximum Gasteiger partial charge on any atom is 0.192 e. The van der Waals surface area contributed by atoms with Gasteiger partial charge >= 0.3 is 0 Å². The van der Waals surface area contributed by atoms with Gasteiger partial charge in [0.05, 0.1) is 0 Å². The molecule has 0 bridgehead atoms. The molecule has 1 aromatic heterocycles. The minimum Gasteiger partial charge on any atom is -0.414 e. The molecule has 2 aromatic rings. The smallest absolute Gasteiger partial charge is 0.192 e. The predicted octanol–water partition coefficient (Wildman–Crippen LogP) is 8.47. The summed E-state index contributed by atoms with van der Waals surface area (Å²) in [5.41, 5.74) is 3.60. The second-order valence-corrected chi connectivity index (χ2v) is 20.2. The highest BCUT2D eigenvalue weighted by atomic mass is 28.4. The summed E-state index contributed by atoms with van der Waals surface area (Å²) in [7, 11) is -1.96. The SMILES string of the molecule is Cc1ccc(CC(=O)[C@H]2C[C@@H](O[Si](C)(C)C(C)(C)C)C[C@@H]2c2nnc(C3CC(CC(C)C)C3)n2C2CC2)c(C)c1. The zero-order valence-corrected chi connectivity index (χ0v) is 27.6. The molecular formula is C34H53N3O2Si. The molecule has 5 rings (SSSR count). The summed E-state index contributed by atoms with van der Waals surface area (Å²) in [4.78, 5) is 14.1. The third-order valence-electron chi connectivity index (χ3n) is 10.5. The number of Topliss-reactive ketones (excluding diaryl/α,β-unsaturated/α-hetero) is 1. The Labute approximate surface area is 244 Å². The van der Waals surface area contributed by atoms with Gasteiger partial charge in [-0.05, 0) is 99.9 Å². The molecule has 3 aliphatic rings. The number of benzene rings is 1. The monoisotopic (exact) mass is 563 g/mol. The van der Waals surface area contributed by atoms with Crippen LogP contribution < -0.4 is 0 Å². The third kappa shape index (κ3) is 6.18. The number of nitrogens with zero attached hydrogens (tertiary/aromatic N) is 3. The van der Waals surface area contributed by atoms with E-state index in [1.165, 1.54) is 49.1 Å². The number of carbonyl (C=O) groups is 1. The fourth-order valence-corrected chi connectivity index (χ4v) is 8.42. The number of hydrogen-bond donors (Lipinski definition) is 0. The topological polar surface area (TPSA) is 57.0 Å². The van der Waals surface area contributed by atoms with Gasteiger partial charge in [0.2, 0.25) is 0 Å². The van der Waals surface area contributed by atoms with Gasteiger partial charge in [0.1, 0.15) is 17.4 Å². The summed E-state index contributed by atoms with van der Waals surface area (Å²) in [6, 6.07) is 6.98. The molecule has 0 spiro atoms. The van der Waals surface area contributed by atoms with Gasteiger partial charge in [-0.25, -0.2) is 0 Å². The first-order valence-corrected chi connectivity index (χ1v) is 18.9. The zero-order chi connectivity index (χ0) is 29.0. The zero-order valence-electron chi connectivity index (χ0n) is 26.6. The molecule has 0 unspecified atom stereocenters. The maximum absolute atomic E-state index is 14.1. The largest absolute Gasteiger partial charge is 0.414 e. The first-order chi connectivity index (χ1) is 18.7. The van der Waals surface area contributed by atoms with E-state index in [0.717, 1.165) is 36.1 Å². The van der Waals surface area contributed by atoms with Crippen molar-refractivity contribution in [3.05, 3.63) is 46.5 Å². The van der Waals surface area contributed by atoms with Crippen LogP contribution in [0.1, 0.15) is 126 Å². The van der Waals surface area contributed by atoms with Crippen molar-refractivity contribution in [3.8, 4) is 0 Å². The fraction of sp³-hybridized carbons (Fsp3) is 0.735. The van der Waals surface area contributed by atoms with Crippen molar-refractivity contribution in [1.82, 2.24) is 14.8 Å². The van der Waals surface area contributed by atoms with E-state index in [9.17, 15) is 4.79 Å². The summed E-state index contributed by atoms with van der Waals surface area (Å²) < 4.78 is 9.47. The minimum atomic E-state index is -1.96. The second-order valence-electron chi connectivity index (χ2n) is 15.4. The van der Waals surface area contributed by atoms with Crippen LogP contribution in [0, 0.1) is 31.6 Å². The summed E-state index contributed by atoms with van der Waals surface area (Å²) in [6.07, 6.45) is 8.46. The molecule has 0 N–H and O–H groups in total. The van der Waals surface area contributed by atoms with Crippen LogP contribution in [0.2, 0.25) is 18.1 Å². The lowest BCUT2D eigenvalue weighted by Crippen LogP contribution is -2.43. The lowest BCUT2D eigenvalue weighted by atomic mass is 9.71. The highest BCUT2D eigenvalue weighted by Crippen LogP contribution is 2.51. The molecule has 0 saturated heterocycles. The summed E-state index contributed by atoms with van der Waals surface area (Å²) in [5.74, 6) is 4.72. The molecule has 0 amide bonds. The predicted molar refractivity (Wildman–Crippen MR) is 165 cm³/mol. The van der Waals surface area contributed by atoms with Crippen LogP contribution in [0.4, 0.5) is 0 Å². The van der Waals surface area contributed by atoms with E-state index in [-0.39, 0.29) is 23.0 Å². The molecule has 3 aliphatic carbocycles. The maximum atomic E-state index is 14.1. The molecule has 1 aromatic carbocycles. The minimum absolute atomic E-state index is 0.0694. The lowest BCUT2D eigenvalue weighted by Gasteiger charge is -2.38. The van der Waals surface area contributed by atoms with Crippen LogP contribution in [0.3, 0.4) is 0 Å². The molecular weight excluding hydrogens is 510 g/mol. The quantitative estimate of drug-likeness (QED) is 0.272. The van der Waals surface area contributed by atoms with Crippen molar-refractivity contribution in [1.29, 1.82) is 0 Å². The van der Waals surface area contributed by atoms with Crippen LogP contribution in [-0.2, 0) is 15.6 Å². The average Bonchev–Trinajstić information content (AvgIpc) is 3.43. The van der Waals surface area contributed by atoms with Crippen molar-refractivity contribution < 1.29 is 9.22 Å². The first kappa shape index (κ1) is 29.7. The second kappa shape index (κ2) is 11.1. The Hall–Kier alpha value is -1.79. The lowest BCUT2D eigenvalue weighted by molar-refractivity contribution is -0.122. The number of hydrogen-bond acceptors (Lipinski definition) is 4. The van der Waals surface area contributed by atoms with Crippen molar-refractivity contribution in [2.45, 2.75) is 142 Å². The molecule has 3 saturated carbocycles. The number of rotatable bonds is 10. The molecule has 1 heterocycles. The molecule has 40 heavy (non-hydrogen) atoms.